The SMILES string of the molecule is CN(Cc1ccccc1)c1ccc(NC(=O)c2ccc([N+](=O)[O-])cc2)cc1. The van der Waals surface area contributed by atoms with Crippen molar-refractivity contribution in [3.63, 3.8) is 0 Å². The van der Waals surface area contributed by atoms with Crippen molar-refractivity contribution in [3.05, 3.63) is 100 Å². The van der Waals surface area contributed by atoms with Crippen LogP contribution in [0.1, 0.15) is 15.9 Å². The van der Waals surface area contributed by atoms with Crippen molar-refractivity contribution in [2.45, 2.75) is 6.54 Å². The molecule has 0 saturated carbocycles. The molecule has 3 aromatic rings. The normalized spacial score (nSPS) is 10.3. The van der Waals surface area contributed by atoms with Gasteiger partial charge in [-0.1, -0.05) is 30.3 Å². The summed E-state index contributed by atoms with van der Waals surface area (Å²) in [4.78, 5) is 24.6. The van der Waals surface area contributed by atoms with Gasteiger partial charge < -0.3 is 10.2 Å². The lowest BCUT2D eigenvalue weighted by atomic mass is 10.2. The summed E-state index contributed by atoms with van der Waals surface area (Å²) < 4.78 is 0. The van der Waals surface area contributed by atoms with E-state index >= 15 is 0 Å². The lowest BCUT2D eigenvalue weighted by Crippen LogP contribution is -2.16. The Morgan fingerprint density at radius 2 is 1.59 bits per heavy atom. The fraction of sp³-hybridized carbons (Fsp3) is 0.0952. The van der Waals surface area contributed by atoms with Gasteiger partial charge in [0.1, 0.15) is 0 Å². The predicted octanol–water partition coefficient (Wildman–Crippen LogP) is 4.48. The van der Waals surface area contributed by atoms with Crippen LogP contribution in [0.5, 0.6) is 0 Å². The van der Waals surface area contributed by atoms with Crippen molar-refractivity contribution >= 4 is 23.0 Å². The van der Waals surface area contributed by atoms with Crippen LogP contribution in [-0.4, -0.2) is 17.9 Å². The summed E-state index contributed by atoms with van der Waals surface area (Å²) in [6.07, 6.45) is 0. The number of benzene rings is 3. The van der Waals surface area contributed by atoms with Gasteiger partial charge >= 0.3 is 0 Å². The van der Waals surface area contributed by atoms with E-state index in [2.05, 4.69) is 22.3 Å². The standard InChI is InChI=1S/C21H19N3O3/c1-23(15-16-5-3-2-4-6-16)19-13-9-18(10-14-19)22-21(25)17-7-11-20(12-8-17)24(26)27/h2-14H,15H2,1H3,(H,22,25). The number of hydrogen-bond donors (Lipinski definition) is 1. The summed E-state index contributed by atoms with van der Waals surface area (Å²) in [5, 5.41) is 13.5. The molecule has 0 aliphatic heterocycles. The highest BCUT2D eigenvalue weighted by atomic mass is 16.6. The number of non-ortho nitro benzene ring substituents is 1. The van der Waals surface area contributed by atoms with Crippen LogP contribution >= 0.6 is 0 Å². The molecule has 3 rings (SSSR count). The average molecular weight is 361 g/mol. The molecule has 0 fully saturated rings. The second-order valence-corrected chi connectivity index (χ2v) is 6.15. The molecule has 0 heterocycles. The number of nitro benzene ring substituents is 1. The minimum absolute atomic E-state index is 0.0441. The minimum Gasteiger partial charge on any atom is -0.370 e. The molecule has 6 nitrogen and oxygen atoms in total. The van der Waals surface area contributed by atoms with Gasteiger partial charge in [-0.3, -0.25) is 14.9 Å². The maximum atomic E-state index is 12.3. The van der Waals surface area contributed by atoms with Crippen LogP contribution in [0.15, 0.2) is 78.9 Å². The second-order valence-electron chi connectivity index (χ2n) is 6.15. The molecule has 0 bridgehead atoms. The number of anilines is 2. The molecule has 136 valence electrons. The third-order valence-electron chi connectivity index (χ3n) is 4.17. The van der Waals surface area contributed by atoms with E-state index in [1.54, 1.807) is 0 Å². The number of carbonyl (C=O) groups is 1. The van der Waals surface area contributed by atoms with Crippen LogP contribution in [0, 0.1) is 10.1 Å². The highest BCUT2D eigenvalue weighted by molar-refractivity contribution is 6.04. The molecule has 6 heteroatoms. The smallest absolute Gasteiger partial charge is 0.269 e. The maximum Gasteiger partial charge on any atom is 0.269 e. The molecular formula is C21H19N3O3. The molecule has 0 unspecified atom stereocenters. The van der Waals surface area contributed by atoms with E-state index < -0.39 is 4.92 Å². The largest absolute Gasteiger partial charge is 0.370 e. The van der Waals surface area contributed by atoms with Crippen LogP contribution in [0.2, 0.25) is 0 Å². The Bertz CT molecular complexity index is 923. The molecule has 0 aliphatic rings. The van der Waals surface area contributed by atoms with Gasteiger partial charge in [0, 0.05) is 42.7 Å². The fourth-order valence-electron chi connectivity index (χ4n) is 2.69. The molecule has 0 radical (unpaired) electrons. The van der Waals surface area contributed by atoms with Gasteiger partial charge in [-0.15, -0.1) is 0 Å². The monoisotopic (exact) mass is 361 g/mol. The zero-order valence-corrected chi connectivity index (χ0v) is 14.8. The fourth-order valence-corrected chi connectivity index (χ4v) is 2.69. The minimum atomic E-state index is -0.494. The van der Waals surface area contributed by atoms with E-state index in [1.807, 2.05) is 49.5 Å². The number of nitrogens with zero attached hydrogens (tertiary/aromatic N) is 2. The first-order valence-corrected chi connectivity index (χ1v) is 8.44. The summed E-state index contributed by atoms with van der Waals surface area (Å²) >= 11 is 0. The molecule has 3 aromatic carbocycles. The Balaban J connectivity index is 1.63. The maximum absolute atomic E-state index is 12.3. The van der Waals surface area contributed by atoms with Gasteiger partial charge in [0.15, 0.2) is 0 Å². The van der Waals surface area contributed by atoms with Crippen molar-refractivity contribution in [2.24, 2.45) is 0 Å². The van der Waals surface area contributed by atoms with Crippen molar-refractivity contribution in [1.82, 2.24) is 0 Å². The zero-order chi connectivity index (χ0) is 19.2. The Morgan fingerprint density at radius 1 is 0.963 bits per heavy atom. The molecule has 0 aliphatic carbocycles. The van der Waals surface area contributed by atoms with E-state index in [-0.39, 0.29) is 11.6 Å². The van der Waals surface area contributed by atoms with Gasteiger partial charge in [-0.05, 0) is 42.0 Å². The first-order valence-electron chi connectivity index (χ1n) is 8.44. The number of carbonyl (C=O) groups excluding carboxylic acids is 1. The van der Waals surface area contributed by atoms with E-state index in [4.69, 9.17) is 0 Å². The zero-order valence-electron chi connectivity index (χ0n) is 14.8. The van der Waals surface area contributed by atoms with Gasteiger partial charge in [0.25, 0.3) is 11.6 Å². The highest BCUT2D eigenvalue weighted by Crippen LogP contribution is 2.20. The third-order valence-corrected chi connectivity index (χ3v) is 4.17. The lowest BCUT2D eigenvalue weighted by molar-refractivity contribution is -0.384. The summed E-state index contributed by atoms with van der Waals surface area (Å²) in [7, 11) is 2.01. The van der Waals surface area contributed by atoms with Crippen LogP contribution < -0.4 is 10.2 Å². The van der Waals surface area contributed by atoms with E-state index in [0.717, 1.165) is 12.2 Å². The second kappa shape index (κ2) is 8.14. The summed E-state index contributed by atoms with van der Waals surface area (Å²) in [6, 6.07) is 23.2. The number of hydrogen-bond acceptors (Lipinski definition) is 4. The van der Waals surface area contributed by atoms with Gasteiger partial charge in [0.2, 0.25) is 0 Å². The Hall–Kier alpha value is -3.67. The summed E-state index contributed by atoms with van der Waals surface area (Å²) in [5.41, 5.74) is 3.24. The Kier molecular flexibility index (Phi) is 5.47. The van der Waals surface area contributed by atoms with Gasteiger partial charge in [0.05, 0.1) is 4.92 Å². The molecule has 0 saturated heterocycles. The molecule has 1 amide bonds. The molecule has 27 heavy (non-hydrogen) atoms. The Labute approximate surface area is 157 Å². The topological polar surface area (TPSA) is 75.5 Å². The van der Waals surface area contributed by atoms with Crippen LogP contribution in [0.25, 0.3) is 0 Å². The van der Waals surface area contributed by atoms with Crippen molar-refractivity contribution in [3.8, 4) is 0 Å². The van der Waals surface area contributed by atoms with E-state index in [9.17, 15) is 14.9 Å². The summed E-state index contributed by atoms with van der Waals surface area (Å²) in [6.45, 7) is 0.787. The molecular weight excluding hydrogens is 342 g/mol. The van der Waals surface area contributed by atoms with Crippen molar-refractivity contribution < 1.29 is 9.72 Å². The molecule has 0 spiro atoms. The number of rotatable bonds is 6. The van der Waals surface area contributed by atoms with Crippen LogP contribution in [0.4, 0.5) is 17.1 Å². The van der Waals surface area contributed by atoms with E-state index in [0.29, 0.717) is 11.3 Å². The lowest BCUT2D eigenvalue weighted by Gasteiger charge is -2.19. The molecule has 0 atom stereocenters. The predicted molar refractivity (Wildman–Crippen MR) is 106 cm³/mol. The number of nitro groups is 1. The average Bonchev–Trinajstić information content (AvgIpc) is 2.69. The van der Waals surface area contributed by atoms with Gasteiger partial charge in [-0.2, -0.15) is 0 Å². The Morgan fingerprint density at radius 3 is 2.19 bits per heavy atom. The van der Waals surface area contributed by atoms with Crippen molar-refractivity contribution in [2.75, 3.05) is 17.3 Å². The third kappa shape index (κ3) is 4.70. The van der Waals surface area contributed by atoms with Crippen LogP contribution in [0.3, 0.4) is 0 Å². The number of amides is 1. The first kappa shape index (κ1) is 18.1. The molecule has 0 aromatic heterocycles. The molecule has 1 N–H and O–H groups in total. The van der Waals surface area contributed by atoms with E-state index in [1.165, 1.54) is 29.8 Å². The summed E-state index contributed by atoms with van der Waals surface area (Å²) in [5.74, 6) is -0.310. The number of nitrogens with one attached hydrogen (secondary N) is 1. The van der Waals surface area contributed by atoms with Crippen molar-refractivity contribution in [1.29, 1.82) is 0 Å². The van der Waals surface area contributed by atoms with Gasteiger partial charge in [-0.25, -0.2) is 0 Å². The highest BCUT2D eigenvalue weighted by Gasteiger charge is 2.10. The first-order chi connectivity index (χ1) is 13.0. The quantitative estimate of drug-likeness (QED) is 0.519. The van der Waals surface area contributed by atoms with Crippen LogP contribution in [-0.2, 0) is 6.54 Å².